The molecule has 3 heterocycles. The van der Waals surface area contributed by atoms with Crippen LogP contribution in [-0.4, -0.2) is 77.0 Å². The van der Waals surface area contributed by atoms with Gasteiger partial charge in [0.25, 0.3) is 5.91 Å². The summed E-state index contributed by atoms with van der Waals surface area (Å²) in [6.07, 6.45) is 9.37. The normalized spacial score (nSPS) is 32.9. The first-order chi connectivity index (χ1) is 23.3. The fourth-order valence-electron chi connectivity index (χ4n) is 8.57. The molecule has 49 heavy (non-hydrogen) atoms. The van der Waals surface area contributed by atoms with E-state index < -0.39 is 21.2 Å². The number of benzene rings is 2. The highest BCUT2D eigenvalue weighted by atomic mass is 35.5. The number of carbonyl (C=O) groups is 1. The largest absolute Gasteiger partial charge is 0.490 e. The van der Waals surface area contributed by atoms with Gasteiger partial charge in [-0.1, -0.05) is 63.9 Å². The number of fused-ring (bicyclic) bond motifs is 2. The lowest BCUT2D eigenvalue weighted by Crippen LogP contribution is -2.54. The van der Waals surface area contributed by atoms with Crippen LogP contribution in [0.1, 0.15) is 81.8 Å². The van der Waals surface area contributed by atoms with Crippen LogP contribution in [0.3, 0.4) is 0 Å². The topological polar surface area (TPSA) is 88.2 Å². The molecule has 0 radical (unpaired) electrons. The molecule has 1 amide bonds. The molecule has 6 rings (SSSR count). The Bertz CT molecular complexity index is 1660. The van der Waals surface area contributed by atoms with E-state index in [4.69, 9.17) is 21.1 Å². The molecule has 4 aliphatic rings. The molecule has 6 atom stereocenters. The van der Waals surface area contributed by atoms with E-state index in [0.29, 0.717) is 42.7 Å². The summed E-state index contributed by atoms with van der Waals surface area (Å²) in [5, 5.41) is -0.00382. The van der Waals surface area contributed by atoms with Crippen molar-refractivity contribution in [3.8, 4) is 5.75 Å². The predicted molar refractivity (Wildman–Crippen MR) is 197 cm³/mol. The number of aryl methyl sites for hydroxylation is 1. The number of allylic oxidation sites excluding steroid dienone is 1. The molecule has 2 aromatic carbocycles. The van der Waals surface area contributed by atoms with Crippen LogP contribution < -0.4 is 14.4 Å². The van der Waals surface area contributed by atoms with Crippen LogP contribution in [0.4, 0.5) is 5.69 Å². The van der Waals surface area contributed by atoms with E-state index in [1.54, 1.807) is 13.0 Å². The van der Waals surface area contributed by atoms with Gasteiger partial charge in [-0.05, 0) is 97.2 Å². The van der Waals surface area contributed by atoms with Gasteiger partial charge in [0.15, 0.2) is 0 Å². The quantitative estimate of drug-likeness (QED) is 0.339. The highest BCUT2D eigenvalue weighted by Gasteiger charge is 2.49. The Balaban J connectivity index is 1.43. The van der Waals surface area contributed by atoms with Crippen LogP contribution in [0, 0.1) is 23.2 Å². The minimum absolute atomic E-state index is 0.0215. The predicted octanol–water partition coefficient (Wildman–Crippen LogP) is 6.86. The first-order valence-electron chi connectivity index (χ1n) is 18.2. The molecule has 1 saturated heterocycles. The van der Waals surface area contributed by atoms with Gasteiger partial charge in [-0.2, -0.15) is 0 Å². The second kappa shape index (κ2) is 14.6. The number of rotatable bonds is 5. The van der Waals surface area contributed by atoms with Gasteiger partial charge in [-0.15, -0.1) is 0 Å². The maximum atomic E-state index is 13.6. The van der Waals surface area contributed by atoms with Crippen LogP contribution in [-0.2, 0) is 26.6 Å². The molecule has 2 aromatic rings. The van der Waals surface area contributed by atoms with E-state index in [1.165, 1.54) is 11.1 Å². The molecule has 2 fully saturated rings. The average Bonchev–Trinajstić information content (AvgIpc) is 3.19. The number of morpholine rings is 1. The second-order valence-electron chi connectivity index (χ2n) is 15.6. The number of hydrogen-bond donors (Lipinski definition) is 1. The molecule has 2 bridgehead atoms. The number of carbonyl (C=O) groups excluding carboxylic acids is 1. The highest BCUT2D eigenvalue weighted by molar-refractivity contribution is 7.90. The van der Waals surface area contributed by atoms with Crippen molar-refractivity contribution in [3.63, 3.8) is 0 Å². The van der Waals surface area contributed by atoms with E-state index in [2.05, 4.69) is 59.6 Å². The van der Waals surface area contributed by atoms with E-state index in [1.807, 2.05) is 25.1 Å². The van der Waals surface area contributed by atoms with Gasteiger partial charge < -0.3 is 14.4 Å². The van der Waals surface area contributed by atoms with E-state index >= 15 is 0 Å². The van der Waals surface area contributed by atoms with Crippen molar-refractivity contribution in [1.82, 2.24) is 9.62 Å². The zero-order valence-corrected chi connectivity index (χ0v) is 31.4. The summed E-state index contributed by atoms with van der Waals surface area (Å²) in [7, 11) is -3.91. The molecule has 0 spiro atoms. The number of hydrogen-bond acceptors (Lipinski definition) is 7. The Morgan fingerprint density at radius 3 is 2.55 bits per heavy atom. The number of nitrogens with zero attached hydrogens (tertiary/aromatic N) is 2. The minimum atomic E-state index is -3.91. The summed E-state index contributed by atoms with van der Waals surface area (Å²) in [6, 6.07) is 11.6. The number of anilines is 1. The molecular weight excluding hydrogens is 658 g/mol. The lowest BCUT2D eigenvalue weighted by molar-refractivity contribution is -0.0103. The van der Waals surface area contributed by atoms with Crippen LogP contribution in [0.25, 0.3) is 0 Å². The van der Waals surface area contributed by atoms with Crippen LogP contribution in [0.5, 0.6) is 5.75 Å². The SMILES string of the molecule is CCCc1cc(Cl)ccc1[C@]1(C)COc2ccc3cc2N(CC2(C)CC[C@H]2[C@H](CN2CCOCC2)/C=C/C[C@H](C)[C@@H](C)S(=O)(=O)NC3=O)C1. The summed E-state index contributed by atoms with van der Waals surface area (Å²) in [6.45, 7) is 16.8. The summed E-state index contributed by atoms with van der Waals surface area (Å²) >= 11 is 6.51. The monoisotopic (exact) mass is 711 g/mol. The number of sulfonamides is 1. The Kier molecular flexibility index (Phi) is 10.8. The zero-order chi connectivity index (χ0) is 35.0. The van der Waals surface area contributed by atoms with Gasteiger partial charge >= 0.3 is 0 Å². The fraction of sp³-hybridized carbons (Fsp3) is 0.615. The Morgan fingerprint density at radius 2 is 1.84 bits per heavy atom. The molecule has 0 aromatic heterocycles. The van der Waals surface area contributed by atoms with Crippen molar-refractivity contribution in [1.29, 1.82) is 0 Å². The van der Waals surface area contributed by atoms with E-state index in [0.717, 1.165) is 75.8 Å². The maximum Gasteiger partial charge on any atom is 0.264 e. The molecule has 268 valence electrons. The maximum absolute atomic E-state index is 13.6. The lowest BCUT2D eigenvalue weighted by Gasteiger charge is -2.54. The van der Waals surface area contributed by atoms with E-state index in [-0.39, 0.29) is 16.7 Å². The third-order valence-electron chi connectivity index (χ3n) is 11.9. The van der Waals surface area contributed by atoms with Gasteiger partial charge in [0.2, 0.25) is 10.0 Å². The summed E-state index contributed by atoms with van der Waals surface area (Å²) in [4.78, 5) is 18.5. The molecule has 10 heteroatoms. The molecule has 1 saturated carbocycles. The van der Waals surface area contributed by atoms with Crippen molar-refractivity contribution < 1.29 is 22.7 Å². The zero-order valence-electron chi connectivity index (χ0n) is 29.8. The lowest BCUT2D eigenvalue weighted by atomic mass is 9.56. The summed E-state index contributed by atoms with van der Waals surface area (Å²) in [5.74, 6) is 0.716. The van der Waals surface area contributed by atoms with Gasteiger partial charge in [0.05, 0.1) is 30.8 Å². The number of halogens is 1. The molecule has 8 nitrogen and oxygen atoms in total. The van der Waals surface area contributed by atoms with Crippen LogP contribution in [0.2, 0.25) is 5.02 Å². The second-order valence-corrected chi connectivity index (χ2v) is 18.1. The smallest absolute Gasteiger partial charge is 0.264 e. The van der Waals surface area contributed by atoms with Gasteiger partial charge in [-0.25, -0.2) is 13.1 Å². The third-order valence-corrected chi connectivity index (χ3v) is 14.0. The highest BCUT2D eigenvalue weighted by Crippen LogP contribution is 2.53. The number of nitrogens with one attached hydrogen (secondary N) is 1. The van der Waals surface area contributed by atoms with Gasteiger partial charge in [0.1, 0.15) is 5.75 Å². The Hall–Kier alpha value is -2.59. The first-order valence-corrected chi connectivity index (χ1v) is 20.1. The number of ether oxygens (including phenoxy) is 2. The van der Waals surface area contributed by atoms with Gasteiger partial charge in [-0.3, -0.25) is 9.69 Å². The van der Waals surface area contributed by atoms with E-state index in [9.17, 15) is 13.2 Å². The first kappa shape index (κ1) is 36.2. The summed E-state index contributed by atoms with van der Waals surface area (Å²) < 4.78 is 41.6. The molecule has 1 unspecified atom stereocenters. The molecular formula is C39H54ClN3O5S. The van der Waals surface area contributed by atoms with Gasteiger partial charge in [0, 0.05) is 48.7 Å². The Labute approximate surface area is 298 Å². The van der Waals surface area contributed by atoms with Crippen molar-refractivity contribution in [3.05, 3.63) is 70.3 Å². The molecule has 1 N–H and O–H groups in total. The standard InChI is InChI=1S/C39H54ClN3O5S/c1-6-8-29-21-32(40)12-13-33(29)39(5)25-43-24-38(4)16-15-34(38)31(23-42-17-19-47-20-18-42)10-7-9-27(2)28(3)49(45,46)41-37(44)30-11-14-36(48-26-39)35(43)22-30/h7,10-14,21-22,27-28,31,34H,6,8-9,15-20,23-26H2,1-5H3,(H,41,44)/b10-7+/t27-,28+,31-,34-,38?,39-/m0/s1. The number of amides is 1. The van der Waals surface area contributed by atoms with Crippen molar-refractivity contribution >= 4 is 33.2 Å². The van der Waals surface area contributed by atoms with Crippen molar-refractivity contribution in [2.24, 2.45) is 23.2 Å². The minimum Gasteiger partial charge on any atom is -0.490 e. The average molecular weight is 712 g/mol. The fourth-order valence-corrected chi connectivity index (χ4v) is 10.0. The third kappa shape index (κ3) is 7.70. The Morgan fingerprint density at radius 1 is 1.06 bits per heavy atom. The van der Waals surface area contributed by atoms with Crippen molar-refractivity contribution in [2.45, 2.75) is 77.4 Å². The summed E-state index contributed by atoms with van der Waals surface area (Å²) in [5.41, 5.74) is 3.26. The molecule has 1 aliphatic carbocycles. The van der Waals surface area contributed by atoms with Crippen molar-refractivity contribution in [2.75, 3.05) is 57.4 Å². The molecule has 3 aliphatic heterocycles. The van der Waals surface area contributed by atoms with Crippen LogP contribution >= 0.6 is 11.6 Å². The van der Waals surface area contributed by atoms with Crippen LogP contribution in [0.15, 0.2) is 48.6 Å².